The number of nitrogens with zero attached hydrogens (tertiary/aromatic N) is 7. The standard InChI is InChI=1S/C32H35N9O3/c1-3-14-41-29(43)23-10-9-22(18-26(23)39(41)2)34-31-33-19-24(27(36-31)35-25(20-42)21-7-5-4-6-8-21)28-37-30(38-44-28)32-11-15-40(16-12-32)17-13-32/h3-10,18-19,25,42H,1,11-17,20H2,2H3,(H2,33,34,35,36). The second-order valence-electron chi connectivity index (χ2n) is 11.6. The van der Waals surface area contributed by atoms with Crippen molar-refractivity contribution in [2.45, 2.75) is 37.3 Å². The summed E-state index contributed by atoms with van der Waals surface area (Å²) in [4.78, 5) is 29.6. The third-order valence-electron chi connectivity index (χ3n) is 9.07. The number of hydrogen-bond donors (Lipinski definition) is 3. The van der Waals surface area contributed by atoms with E-state index in [1.807, 2.05) is 54.2 Å². The van der Waals surface area contributed by atoms with Crippen LogP contribution in [0.25, 0.3) is 22.4 Å². The number of hydrogen-bond acceptors (Lipinski definition) is 10. The van der Waals surface area contributed by atoms with Crippen LogP contribution in [0.2, 0.25) is 0 Å². The number of anilines is 3. The van der Waals surface area contributed by atoms with Crippen molar-refractivity contribution in [3.8, 4) is 11.5 Å². The van der Waals surface area contributed by atoms with Crippen LogP contribution >= 0.6 is 0 Å². The van der Waals surface area contributed by atoms with Crippen molar-refractivity contribution in [2.75, 3.05) is 36.9 Å². The molecule has 2 bridgehead atoms. The molecular weight excluding hydrogens is 558 g/mol. The lowest BCUT2D eigenvalue weighted by Crippen LogP contribution is -2.51. The second kappa shape index (κ2) is 11.4. The Morgan fingerprint density at radius 3 is 2.61 bits per heavy atom. The molecule has 226 valence electrons. The van der Waals surface area contributed by atoms with Crippen LogP contribution in [0, 0.1) is 0 Å². The van der Waals surface area contributed by atoms with Crippen LogP contribution in [-0.2, 0) is 19.0 Å². The highest BCUT2D eigenvalue weighted by molar-refractivity contribution is 5.83. The number of aliphatic hydroxyl groups excluding tert-OH is 1. The number of fused-ring (bicyclic) bond motifs is 4. The first-order valence-corrected chi connectivity index (χ1v) is 14.9. The fourth-order valence-corrected chi connectivity index (χ4v) is 6.42. The maximum atomic E-state index is 12.8. The summed E-state index contributed by atoms with van der Waals surface area (Å²) in [6.45, 7) is 7.17. The number of aliphatic hydroxyl groups is 1. The van der Waals surface area contributed by atoms with Crippen LogP contribution < -0.4 is 16.2 Å². The molecule has 3 aliphatic heterocycles. The predicted octanol–water partition coefficient (Wildman–Crippen LogP) is 3.99. The lowest BCUT2D eigenvalue weighted by atomic mass is 9.71. The largest absolute Gasteiger partial charge is 0.394 e. The molecule has 0 aliphatic carbocycles. The monoisotopic (exact) mass is 593 g/mol. The van der Waals surface area contributed by atoms with Crippen molar-refractivity contribution in [3.05, 3.63) is 89.1 Å². The Hall–Kier alpha value is -4.81. The van der Waals surface area contributed by atoms with Crippen molar-refractivity contribution in [1.29, 1.82) is 0 Å². The lowest BCUT2D eigenvalue weighted by molar-refractivity contribution is 0.0747. The van der Waals surface area contributed by atoms with Crippen molar-refractivity contribution in [2.24, 2.45) is 7.05 Å². The Bertz CT molecular complexity index is 1860. The number of nitrogens with one attached hydrogen (secondary N) is 2. The van der Waals surface area contributed by atoms with E-state index in [4.69, 9.17) is 14.5 Å². The molecule has 3 fully saturated rings. The molecule has 12 heteroatoms. The zero-order valence-electron chi connectivity index (χ0n) is 24.6. The second-order valence-corrected chi connectivity index (χ2v) is 11.6. The zero-order chi connectivity index (χ0) is 30.3. The fourth-order valence-electron chi connectivity index (χ4n) is 6.42. The van der Waals surface area contributed by atoms with Gasteiger partial charge in [-0.05, 0) is 62.7 Å². The maximum absolute atomic E-state index is 12.8. The minimum Gasteiger partial charge on any atom is -0.394 e. The zero-order valence-corrected chi connectivity index (χ0v) is 24.6. The maximum Gasteiger partial charge on any atom is 0.274 e. The first-order chi connectivity index (χ1) is 21.5. The van der Waals surface area contributed by atoms with Gasteiger partial charge in [-0.15, -0.1) is 6.58 Å². The van der Waals surface area contributed by atoms with Gasteiger partial charge in [0.1, 0.15) is 11.4 Å². The van der Waals surface area contributed by atoms with Crippen LogP contribution in [-0.4, -0.2) is 65.7 Å². The fraction of sp³-hybridized carbons (Fsp3) is 0.344. The number of aryl methyl sites for hydroxylation is 1. The van der Waals surface area contributed by atoms with Crippen LogP contribution in [0.5, 0.6) is 0 Å². The Kier molecular flexibility index (Phi) is 7.23. The Balaban J connectivity index is 1.24. The minimum atomic E-state index is -0.433. The van der Waals surface area contributed by atoms with E-state index in [0.29, 0.717) is 40.8 Å². The van der Waals surface area contributed by atoms with E-state index in [1.54, 1.807) is 23.0 Å². The van der Waals surface area contributed by atoms with Gasteiger partial charge in [0.25, 0.3) is 11.4 Å². The molecule has 1 unspecified atom stereocenters. The third-order valence-corrected chi connectivity index (χ3v) is 9.07. The van der Waals surface area contributed by atoms with Gasteiger partial charge >= 0.3 is 0 Å². The van der Waals surface area contributed by atoms with Gasteiger partial charge in [-0.1, -0.05) is 41.6 Å². The van der Waals surface area contributed by atoms with Crippen LogP contribution in [0.3, 0.4) is 0 Å². The highest BCUT2D eigenvalue weighted by atomic mass is 16.5. The van der Waals surface area contributed by atoms with Crippen LogP contribution in [0.15, 0.2) is 76.7 Å². The van der Waals surface area contributed by atoms with E-state index in [1.165, 1.54) is 0 Å². The molecule has 8 rings (SSSR count). The molecule has 0 saturated carbocycles. The normalized spacial score (nSPS) is 20.1. The Morgan fingerprint density at radius 1 is 1.11 bits per heavy atom. The van der Waals surface area contributed by atoms with E-state index < -0.39 is 6.04 Å². The molecule has 3 saturated heterocycles. The minimum absolute atomic E-state index is 0.0620. The van der Waals surface area contributed by atoms with Crippen LogP contribution in [0.1, 0.15) is 36.7 Å². The highest BCUT2D eigenvalue weighted by Gasteiger charge is 2.44. The van der Waals surface area contributed by atoms with E-state index in [-0.39, 0.29) is 17.6 Å². The summed E-state index contributed by atoms with van der Waals surface area (Å²) < 4.78 is 9.29. The quantitative estimate of drug-likeness (QED) is 0.204. The summed E-state index contributed by atoms with van der Waals surface area (Å²) in [6.07, 6.45) is 6.41. The molecule has 12 nitrogen and oxygen atoms in total. The smallest absolute Gasteiger partial charge is 0.274 e. The van der Waals surface area contributed by atoms with E-state index in [9.17, 15) is 9.90 Å². The summed E-state index contributed by atoms with van der Waals surface area (Å²) in [5.41, 5.74) is 2.80. The predicted molar refractivity (Wildman–Crippen MR) is 168 cm³/mol. The van der Waals surface area contributed by atoms with Gasteiger partial charge in [0, 0.05) is 24.3 Å². The number of benzene rings is 2. The first kappa shape index (κ1) is 28.0. The summed E-state index contributed by atoms with van der Waals surface area (Å²) in [6, 6.07) is 14.8. The molecule has 44 heavy (non-hydrogen) atoms. The molecule has 5 aromatic rings. The van der Waals surface area contributed by atoms with Gasteiger partial charge in [-0.2, -0.15) is 9.97 Å². The number of rotatable bonds is 10. The van der Waals surface area contributed by atoms with Gasteiger partial charge in [-0.25, -0.2) is 9.67 Å². The molecule has 3 N–H and O–H groups in total. The van der Waals surface area contributed by atoms with E-state index in [0.717, 1.165) is 55.8 Å². The summed E-state index contributed by atoms with van der Waals surface area (Å²) in [5, 5.41) is 22.0. The Morgan fingerprint density at radius 2 is 1.89 bits per heavy atom. The van der Waals surface area contributed by atoms with E-state index in [2.05, 4.69) is 32.3 Å². The van der Waals surface area contributed by atoms with Crippen molar-refractivity contribution in [1.82, 2.24) is 34.4 Å². The average Bonchev–Trinajstić information content (AvgIpc) is 3.66. The summed E-state index contributed by atoms with van der Waals surface area (Å²) in [7, 11) is 1.85. The number of aromatic nitrogens is 6. The summed E-state index contributed by atoms with van der Waals surface area (Å²) in [5.74, 6) is 1.85. The Labute approximate surface area is 254 Å². The van der Waals surface area contributed by atoms with Gasteiger partial charge in [0.05, 0.1) is 30.1 Å². The average molecular weight is 594 g/mol. The molecule has 3 aliphatic rings. The van der Waals surface area contributed by atoms with Gasteiger partial charge in [0.2, 0.25) is 5.95 Å². The van der Waals surface area contributed by atoms with E-state index >= 15 is 0 Å². The molecule has 0 spiro atoms. The molecule has 2 aromatic carbocycles. The van der Waals surface area contributed by atoms with Crippen molar-refractivity contribution < 1.29 is 9.63 Å². The topological polar surface area (TPSA) is 139 Å². The first-order valence-electron chi connectivity index (χ1n) is 14.9. The summed E-state index contributed by atoms with van der Waals surface area (Å²) >= 11 is 0. The molecule has 6 heterocycles. The molecule has 0 radical (unpaired) electrons. The molecule has 3 aromatic heterocycles. The SMILES string of the molecule is C=CCn1c(=O)c2ccc(Nc3ncc(-c4nc(C56CCN(CC5)CC6)no4)c(NC(CO)c4ccccc4)n3)cc2n1C. The van der Waals surface area contributed by atoms with Gasteiger partial charge in [0.15, 0.2) is 5.82 Å². The molecule has 0 amide bonds. The lowest BCUT2D eigenvalue weighted by Gasteiger charge is -2.46. The van der Waals surface area contributed by atoms with Gasteiger partial charge < -0.3 is 25.2 Å². The highest BCUT2D eigenvalue weighted by Crippen LogP contribution is 2.42. The number of piperidine rings is 3. The number of allylic oxidation sites excluding steroid dienone is 1. The van der Waals surface area contributed by atoms with Crippen LogP contribution in [0.4, 0.5) is 17.5 Å². The van der Waals surface area contributed by atoms with Gasteiger partial charge in [-0.3, -0.25) is 9.48 Å². The van der Waals surface area contributed by atoms with Crippen molar-refractivity contribution >= 4 is 28.4 Å². The van der Waals surface area contributed by atoms with Crippen molar-refractivity contribution in [3.63, 3.8) is 0 Å². The third kappa shape index (κ3) is 4.95. The molecular formula is C32H35N9O3. The molecule has 1 atom stereocenters.